The van der Waals surface area contributed by atoms with Crippen molar-refractivity contribution in [2.24, 2.45) is 23.2 Å². The predicted octanol–water partition coefficient (Wildman–Crippen LogP) is 8.58. The fourth-order valence-electron chi connectivity index (χ4n) is 4.98. The second-order valence-electron chi connectivity index (χ2n) is 13.8. The summed E-state index contributed by atoms with van der Waals surface area (Å²) in [6.07, 6.45) is 15.4. The topological polar surface area (TPSA) is 73.0 Å². The Morgan fingerprint density at radius 1 is 0.739 bits per heavy atom. The molecule has 0 aliphatic carbocycles. The van der Waals surface area contributed by atoms with Crippen LogP contribution in [0.15, 0.2) is 12.2 Å². The number of hydrogen-bond acceptors (Lipinski definition) is 4. The number of hydrogen-bond donors (Lipinski definition) is 1. The molecule has 0 aromatic rings. The van der Waals surface area contributed by atoms with Crippen LogP contribution in [0.2, 0.25) is 0 Å². The summed E-state index contributed by atoms with van der Waals surface area (Å²) >= 11 is 0. The van der Waals surface area contributed by atoms with Gasteiger partial charge in [-0.3, -0.25) is 14.4 Å². The van der Waals surface area contributed by atoms with E-state index >= 15 is 0 Å². The molecule has 1 N–H and O–H groups in total. The van der Waals surface area contributed by atoms with Gasteiger partial charge in [0, 0.05) is 69.6 Å². The lowest BCUT2D eigenvalue weighted by Gasteiger charge is -2.34. The van der Waals surface area contributed by atoms with Gasteiger partial charge in [0.15, 0.2) is 0 Å². The van der Waals surface area contributed by atoms with Crippen LogP contribution in [0.5, 0.6) is 0 Å². The van der Waals surface area contributed by atoms with Gasteiger partial charge in [0.25, 0.3) is 0 Å². The molecule has 3 atom stereocenters. The minimum atomic E-state index is -0.183. The Bertz CT molecular complexity index is 807. The third-order valence-electron chi connectivity index (χ3n) is 9.52. The zero-order valence-electron chi connectivity index (χ0n) is 32.7. The molecular weight excluding hydrogens is 572 g/mol. The molecule has 7 nitrogen and oxygen atoms in total. The third-order valence-corrected chi connectivity index (χ3v) is 9.52. The number of allylic oxidation sites excluding steroid dienone is 1. The first-order valence-electron chi connectivity index (χ1n) is 19.1. The molecule has 0 radical (unpaired) electrons. The summed E-state index contributed by atoms with van der Waals surface area (Å²) in [7, 11) is 0. The SMILES string of the molecule is CCC(C)(C)C(=O)N1CCNCC1.CCCC/C=C/CCN(CC)C(=O)C(C)C(C)CC.CCCCN(CCC)C(=O)C(C)CC. The Hall–Kier alpha value is -1.89. The van der Waals surface area contributed by atoms with Crippen LogP contribution in [-0.4, -0.2) is 84.8 Å². The van der Waals surface area contributed by atoms with Crippen molar-refractivity contribution in [2.75, 3.05) is 52.4 Å². The molecule has 7 heteroatoms. The normalized spacial score (nSPS) is 15.2. The Kier molecular flexibility index (Phi) is 28.3. The van der Waals surface area contributed by atoms with Crippen molar-refractivity contribution in [3.8, 4) is 0 Å². The first kappa shape index (κ1) is 46.2. The number of carbonyl (C=O) groups excluding carboxylic acids is 3. The summed E-state index contributed by atoms with van der Waals surface area (Å²) in [5.74, 6) is 1.77. The highest BCUT2D eigenvalue weighted by Crippen LogP contribution is 2.23. The van der Waals surface area contributed by atoms with E-state index in [1.807, 2.05) is 35.5 Å². The van der Waals surface area contributed by atoms with Crippen molar-refractivity contribution in [1.29, 1.82) is 0 Å². The van der Waals surface area contributed by atoms with Crippen LogP contribution in [0.25, 0.3) is 0 Å². The summed E-state index contributed by atoms with van der Waals surface area (Å²) < 4.78 is 0. The molecule has 0 saturated carbocycles. The average Bonchev–Trinajstić information content (AvgIpc) is 3.08. The van der Waals surface area contributed by atoms with Gasteiger partial charge in [-0.1, -0.05) is 114 Å². The maximum atomic E-state index is 12.3. The number of unbranched alkanes of at least 4 members (excludes halogenated alkanes) is 3. The quantitative estimate of drug-likeness (QED) is 0.112. The van der Waals surface area contributed by atoms with Crippen molar-refractivity contribution in [3.05, 3.63) is 12.2 Å². The molecule has 0 bridgehead atoms. The molecule has 272 valence electrons. The molecule has 46 heavy (non-hydrogen) atoms. The lowest BCUT2D eigenvalue weighted by atomic mass is 9.88. The van der Waals surface area contributed by atoms with Crippen LogP contribution in [0, 0.1) is 23.2 Å². The van der Waals surface area contributed by atoms with Crippen LogP contribution >= 0.6 is 0 Å². The summed E-state index contributed by atoms with van der Waals surface area (Å²) in [6, 6.07) is 0. The van der Waals surface area contributed by atoms with Gasteiger partial charge in [0.2, 0.25) is 17.7 Å². The Balaban J connectivity index is 0. The van der Waals surface area contributed by atoms with Crippen molar-refractivity contribution in [1.82, 2.24) is 20.0 Å². The van der Waals surface area contributed by atoms with Gasteiger partial charge in [-0.2, -0.15) is 0 Å². The smallest absolute Gasteiger partial charge is 0.228 e. The summed E-state index contributed by atoms with van der Waals surface area (Å²) in [4.78, 5) is 42.2. The van der Waals surface area contributed by atoms with Crippen LogP contribution in [-0.2, 0) is 14.4 Å². The van der Waals surface area contributed by atoms with Gasteiger partial charge < -0.3 is 20.0 Å². The van der Waals surface area contributed by atoms with E-state index in [0.29, 0.717) is 23.6 Å². The van der Waals surface area contributed by atoms with Crippen LogP contribution < -0.4 is 5.32 Å². The van der Waals surface area contributed by atoms with Gasteiger partial charge in [-0.25, -0.2) is 0 Å². The van der Waals surface area contributed by atoms with E-state index in [4.69, 9.17) is 0 Å². The molecule has 1 aliphatic heterocycles. The van der Waals surface area contributed by atoms with Crippen molar-refractivity contribution in [2.45, 2.75) is 147 Å². The fourth-order valence-corrected chi connectivity index (χ4v) is 4.98. The zero-order valence-corrected chi connectivity index (χ0v) is 32.7. The largest absolute Gasteiger partial charge is 0.342 e. The molecule has 1 rings (SSSR count). The number of nitrogens with one attached hydrogen (secondary N) is 1. The molecular formula is C39H78N4O3. The lowest BCUT2D eigenvalue weighted by molar-refractivity contribution is -0.141. The Morgan fingerprint density at radius 3 is 1.80 bits per heavy atom. The van der Waals surface area contributed by atoms with Crippen LogP contribution in [0.4, 0.5) is 0 Å². The second-order valence-corrected chi connectivity index (χ2v) is 13.8. The second kappa shape index (κ2) is 28.2. The van der Waals surface area contributed by atoms with E-state index < -0.39 is 0 Å². The molecule has 1 aliphatic rings. The van der Waals surface area contributed by atoms with Gasteiger partial charge >= 0.3 is 0 Å². The van der Waals surface area contributed by atoms with Gasteiger partial charge in [-0.05, 0) is 51.4 Å². The predicted molar refractivity (Wildman–Crippen MR) is 199 cm³/mol. The first-order chi connectivity index (χ1) is 21.8. The zero-order chi connectivity index (χ0) is 35.5. The highest BCUT2D eigenvalue weighted by Gasteiger charge is 2.30. The standard InChI is InChI=1S/C17H33NO.C12H25NO.C10H20N2O/c1-6-9-10-11-12-13-14-18(8-3)17(19)16(5)15(4)7-2;1-5-8-10-13(9-6-2)12(14)11(4)7-3;1-4-10(2,3)9(13)12-7-5-11-6-8-12/h11-12,15-16H,6-10,13-14H2,1-5H3;11H,5-10H2,1-4H3;11H,4-8H2,1-3H3/b12-11+;;. The number of rotatable bonds is 19. The van der Waals surface area contributed by atoms with Crippen LogP contribution in [0.1, 0.15) is 147 Å². The van der Waals surface area contributed by atoms with Crippen molar-refractivity contribution >= 4 is 17.7 Å². The highest BCUT2D eigenvalue weighted by atomic mass is 16.2. The number of amides is 3. The molecule has 3 unspecified atom stereocenters. The molecule has 3 amide bonds. The Labute approximate surface area is 286 Å². The van der Waals surface area contributed by atoms with Gasteiger partial charge in [0.05, 0.1) is 0 Å². The van der Waals surface area contributed by atoms with Crippen LogP contribution in [0.3, 0.4) is 0 Å². The fraction of sp³-hybridized carbons (Fsp3) is 0.872. The third kappa shape index (κ3) is 19.7. The van der Waals surface area contributed by atoms with E-state index in [1.165, 1.54) is 19.3 Å². The number of carbonyl (C=O) groups is 3. The average molecular weight is 651 g/mol. The van der Waals surface area contributed by atoms with Crippen molar-refractivity contribution in [3.63, 3.8) is 0 Å². The molecule has 1 fully saturated rings. The minimum absolute atomic E-state index is 0.147. The highest BCUT2D eigenvalue weighted by molar-refractivity contribution is 5.82. The van der Waals surface area contributed by atoms with E-state index in [1.54, 1.807) is 0 Å². The molecule has 0 aromatic carbocycles. The first-order valence-corrected chi connectivity index (χ1v) is 19.1. The maximum absolute atomic E-state index is 12.3. The molecule has 0 spiro atoms. The lowest BCUT2D eigenvalue weighted by Crippen LogP contribution is -2.50. The van der Waals surface area contributed by atoms with Gasteiger partial charge in [0.1, 0.15) is 0 Å². The minimum Gasteiger partial charge on any atom is -0.342 e. The molecule has 1 saturated heterocycles. The summed E-state index contributed by atoms with van der Waals surface area (Å²) in [5, 5.41) is 3.25. The van der Waals surface area contributed by atoms with E-state index in [-0.39, 0.29) is 17.3 Å². The monoisotopic (exact) mass is 651 g/mol. The van der Waals surface area contributed by atoms with E-state index in [2.05, 4.69) is 79.8 Å². The van der Waals surface area contributed by atoms with E-state index in [0.717, 1.165) is 97.3 Å². The van der Waals surface area contributed by atoms with Gasteiger partial charge in [-0.15, -0.1) is 0 Å². The van der Waals surface area contributed by atoms with E-state index in [9.17, 15) is 14.4 Å². The molecule has 0 aromatic heterocycles. The molecule has 1 heterocycles. The summed E-state index contributed by atoms with van der Waals surface area (Å²) in [6.45, 7) is 32.3. The number of piperazine rings is 1. The Morgan fingerprint density at radius 2 is 1.33 bits per heavy atom. The number of nitrogens with zero attached hydrogens (tertiary/aromatic N) is 3. The van der Waals surface area contributed by atoms with Crippen molar-refractivity contribution < 1.29 is 14.4 Å². The summed E-state index contributed by atoms with van der Waals surface area (Å²) in [5.41, 5.74) is -0.183. The maximum Gasteiger partial charge on any atom is 0.228 e.